The van der Waals surface area contributed by atoms with Gasteiger partial charge in [0.25, 0.3) is 0 Å². The maximum Gasteiger partial charge on any atom is 0.241 e. The van der Waals surface area contributed by atoms with Gasteiger partial charge in [-0.1, -0.05) is 12.1 Å². The molecule has 2 rings (SSSR count). The molecule has 0 saturated heterocycles. The topological polar surface area (TPSA) is 85.1 Å². The molecule has 3 N–H and O–H groups in total. The normalized spacial score (nSPS) is 11.8. The van der Waals surface area contributed by atoms with Crippen LogP contribution >= 0.6 is 11.3 Å². The lowest BCUT2D eigenvalue weighted by Crippen LogP contribution is -2.23. The van der Waals surface area contributed by atoms with Crippen molar-refractivity contribution in [3.63, 3.8) is 0 Å². The molecule has 20 heavy (non-hydrogen) atoms. The molecule has 0 fully saturated rings. The molecule has 0 aliphatic rings. The summed E-state index contributed by atoms with van der Waals surface area (Å²) in [5.41, 5.74) is 7.06. The average molecular weight is 311 g/mol. The van der Waals surface area contributed by atoms with Crippen molar-refractivity contribution in [2.45, 2.75) is 31.8 Å². The van der Waals surface area contributed by atoms with Gasteiger partial charge in [-0.05, 0) is 31.0 Å². The van der Waals surface area contributed by atoms with E-state index in [1.165, 1.54) is 11.3 Å². The molecule has 0 aliphatic heterocycles. The fourth-order valence-corrected chi connectivity index (χ4v) is 3.92. The van der Waals surface area contributed by atoms with Gasteiger partial charge in [0.1, 0.15) is 0 Å². The van der Waals surface area contributed by atoms with E-state index >= 15 is 0 Å². The van der Waals surface area contributed by atoms with Crippen molar-refractivity contribution in [3.8, 4) is 0 Å². The van der Waals surface area contributed by atoms with Crippen molar-refractivity contribution < 1.29 is 8.42 Å². The predicted molar refractivity (Wildman–Crippen MR) is 79.9 cm³/mol. The van der Waals surface area contributed by atoms with Crippen LogP contribution in [0.1, 0.15) is 21.0 Å². The molecule has 1 aromatic carbocycles. The van der Waals surface area contributed by atoms with Crippen molar-refractivity contribution in [1.82, 2.24) is 9.71 Å². The van der Waals surface area contributed by atoms with Crippen LogP contribution in [0, 0.1) is 13.8 Å². The van der Waals surface area contributed by atoms with E-state index in [0.29, 0.717) is 12.1 Å². The molecule has 2 aromatic rings. The van der Waals surface area contributed by atoms with Gasteiger partial charge in [0, 0.05) is 24.2 Å². The average Bonchev–Trinajstić information content (AvgIpc) is 2.83. The highest BCUT2D eigenvalue weighted by Crippen LogP contribution is 2.18. The fraction of sp³-hybridized carbons (Fsp3) is 0.308. The summed E-state index contributed by atoms with van der Waals surface area (Å²) in [6.07, 6.45) is 1.69. The number of thiazole rings is 1. The third kappa shape index (κ3) is 3.43. The van der Waals surface area contributed by atoms with Gasteiger partial charge in [-0.15, -0.1) is 11.3 Å². The summed E-state index contributed by atoms with van der Waals surface area (Å²) in [5.74, 6) is 0. The van der Waals surface area contributed by atoms with Crippen molar-refractivity contribution in [2.75, 3.05) is 0 Å². The number of sulfonamides is 1. The van der Waals surface area contributed by atoms with E-state index in [9.17, 15) is 8.42 Å². The van der Waals surface area contributed by atoms with E-state index < -0.39 is 10.0 Å². The second-order valence-electron chi connectivity index (χ2n) is 4.47. The number of aryl methyl sites for hydroxylation is 2. The summed E-state index contributed by atoms with van der Waals surface area (Å²) < 4.78 is 27.3. The highest BCUT2D eigenvalue weighted by atomic mass is 32.2. The van der Waals surface area contributed by atoms with Crippen LogP contribution in [0.2, 0.25) is 0 Å². The molecular weight excluding hydrogens is 294 g/mol. The number of benzene rings is 1. The molecule has 0 amide bonds. The largest absolute Gasteiger partial charge is 0.326 e. The first kappa shape index (κ1) is 15.1. The minimum absolute atomic E-state index is 0.250. The Morgan fingerprint density at radius 3 is 2.70 bits per heavy atom. The van der Waals surface area contributed by atoms with Crippen molar-refractivity contribution in [3.05, 3.63) is 45.4 Å². The summed E-state index contributed by atoms with van der Waals surface area (Å²) in [6.45, 7) is 4.22. The maximum atomic E-state index is 12.3. The van der Waals surface area contributed by atoms with Crippen molar-refractivity contribution in [1.29, 1.82) is 0 Å². The zero-order chi connectivity index (χ0) is 14.8. The van der Waals surface area contributed by atoms with E-state index in [1.807, 2.05) is 13.0 Å². The van der Waals surface area contributed by atoms with Crippen LogP contribution in [0.4, 0.5) is 0 Å². The molecule has 0 aliphatic carbocycles. The maximum absolute atomic E-state index is 12.3. The molecule has 5 nitrogen and oxygen atoms in total. The monoisotopic (exact) mass is 311 g/mol. The van der Waals surface area contributed by atoms with Crippen LogP contribution < -0.4 is 10.5 Å². The fourth-order valence-electron chi connectivity index (χ4n) is 1.79. The van der Waals surface area contributed by atoms with Gasteiger partial charge in [-0.3, -0.25) is 0 Å². The Morgan fingerprint density at radius 2 is 2.10 bits per heavy atom. The molecule has 7 heteroatoms. The number of nitrogens with zero attached hydrogens (tertiary/aromatic N) is 1. The Labute approximate surface area is 122 Å². The molecule has 0 saturated carbocycles. The molecule has 0 spiro atoms. The van der Waals surface area contributed by atoms with Crippen LogP contribution in [0.3, 0.4) is 0 Å². The minimum Gasteiger partial charge on any atom is -0.326 e. The quantitative estimate of drug-likeness (QED) is 0.880. The lowest BCUT2D eigenvalue weighted by atomic mass is 10.1. The number of hydrogen-bond acceptors (Lipinski definition) is 5. The van der Waals surface area contributed by atoms with E-state index in [4.69, 9.17) is 5.73 Å². The summed E-state index contributed by atoms with van der Waals surface area (Å²) in [4.78, 5) is 5.27. The van der Waals surface area contributed by atoms with E-state index in [0.717, 1.165) is 15.4 Å². The molecule has 108 valence electrons. The lowest BCUT2D eigenvalue weighted by Gasteiger charge is -2.10. The summed E-state index contributed by atoms with van der Waals surface area (Å²) >= 11 is 1.48. The van der Waals surface area contributed by atoms with Gasteiger partial charge in [-0.2, -0.15) is 0 Å². The van der Waals surface area contributed by atoms with Crippen LogP contribution in [0.15, 0.2) is 29.3 Å². The molecular formula is C13H17N3O2S2. The standard InChI is InChI=1S/C13H17N3O2S2/c1-9-3-4-11(6-14)5-13(9)20(17,18)16-8-12-7-15-10(2)19-12/h3-5,7,16H,6,8,14H2,1-2H3. The molecule has 0 bridgehead atoms. The first-order valence-electron chi connectivity index (χ1n) is 6.13. The lowest BCUT2D eigenvalue weighted by molar-refractivity contribution is 0.581. The highest BCUT2D eigenvalue weighted by Gasteiger charge is 2.17. The van der Waals surface area contributed by atoms with Gasteiger partial charge < -0.3 is 5.73 Å². The van der Waals surface area contributed by atoms with Crippen LogP contribution in [-0.4, -0.2) is 13.4 Å². The Morgan fingerprint density at radius 1 is 1.35 bits per heavy atom. The van der Waals surface area contributed by atoms with Gasteiger partial charge in [0.15, 0.2) is 0 Å². The Kier molecular flexibility index (Phi) is 4.54. The first-order valence-corrected chi connectivity index (χ1v) is 8.43. The van der Waals surface area contributed by atoms with Crippen molar-refractivity contribution in [2.24, 2.45) is 5.73 Å². The van der Waals surface area contributed by atoms with Crippen molar-refractivity contribution >= 4 is 21.4 Å². The van der Waals surface area contributed by atoms with Crippen LogP contribution in [-0.2, 0) is 23.1 Å². The zero-order valence-corrected chi connectivity index (χ0v) is 13.0. The highest BCUT2D eigenvalue weighted by molar-refractivity contribution is 7.89. The van der Waals surface area contributed by atoms with Gasteiger partial charge >= 0.3 is 0 Å². The molecule has 0 radical (unpaired) electrons. The van der Waals surface area contributed by atoms with Gasteiger partial charge in [-0.25, -0.2) is 18.1 Å². The number of nitrogens with one attached hydrogen (secondary N) is 1. The summed E-state index contributed by atoms with van der Waals surface area (Å²) in [7, 11) is -3.54. The summed E-state index contributed by atoms with van der Waals surface area (Å²) in [6, 6.07) is 5.23. The summed E-state index contributed by atoms with van der Waals surface area (Å²) in [5, 5.41) is 0.917. The zero-order valence-electron chi connectivity index (χ0n) is 11.4. The smallest absolute Gasteiger partial charge is 0.241 e. The predicted octanol–water partition coefficient (Wildman–Crippen LogP) is 1.70. The number of aromatic nitrogens is 1. The number of hydrogen-bond donors (Lipinski definition) is 2. The van der Waals surface area contributed by atoms with E-state index in [2.05, 4.69) is 9.71 Å². The van der Waals surface area contributed by atoms with E-state index in [1.54, 1.807) is 25.3 Å². The second-order valence-corrected chi connectivity index (χ2v) is 7.53. The Bertz CT molecular complexity index is 708. The van der Waals surface area contributed by atoms with Gasteiger partial charge in [0.05, 0.1) is 9.90 Å². The number of rotatable bonds is 5. The van der Waals surface area contributed by atoms with E-state index in [-0.39, 0.29) is 11.4 Å². The molecule has 0 atom stereocenters. The SMILES string of the molecule is Cc1ncc(CNS(=O)(=O)c2cc(CN)ccc2C)s1. The third-order valence-corrected chi connectivity index (χ3v) is 5.34. The minimum atomic E-state index is -3.54. The van der Waals surface area contributed by atoms with Gasteiger partial charge in [0.2, 0.25) is 10.0 Å². The molecule has 0 unspecified atom stereocenters. The Balaban J connectivity index is 2.21. The number of nitrogens with two attached hydrogens (primary N) is 1. The third-order valence-electron chi connectivity index (χ3n) is 2.88. The van der Waals surface area contributed by atoms with Crippen LogP contribution in [0.25, 0.3) is 0 Å². The Hall–Kier alpha value is -1.28. The van der Waals surface area contributed by atoms with Crippen LogP contribution in [0.5, 0.6) is 0 Å². The molecule has 1 aromatic heterocycles. The second kappa shape index (κ2) is 6.01. The molecule has 1 heterocycles. The first-order chi connectivity index (χ1) is 9.42.